The molecule has 0 aromatic carbocycles. The molecule has 0 radical (unpaired) electrons. The van der Waals surface area contributed by atoms with Gasteiger partial charge in [-0.1, -0.05) is 6.07 Å². The molecule has 1 amide bonds. The predicted octanol–water partition coefficient (Wildman–Crippen LogP) is -0.0761. The fourth-order valence-corrected chi connectivity index (χ4v) is 2.89. The molecule has 0 spiro atoms. The molecule has 0 saturated carbocycles. The van der Waals surface area contributed by atoms with E-state index in [0.717, 1.165) is 25.2 Å². The molecule has 8 nitrogen and oxygen atoms in total. The first-order valence-corrected chi connectivity index (χ1v) is 8.20. The molecular weight excluding hydrogens is 322 g/mol. The molecule has 8 heteroatoms. The van der Waals surface area contributed by atoms with Gasteiger partial charge in [0.05, 0.1) is 24.2 Å². The molecule has 1 aliphatic heterocycles. The standard InChI is InChI=1S/C17H21N5O3/c1-21-16(24)7-14(9-19-21)22-6-5-12(10-22)8-18-17(25)15-4-2-3-13(11-23)20-15/h2-4,7,9,12,23H,5-6,8,10-11H2,1H3,(H,18,25)/t12-/m1/s1. The van der Waals surface area contributed by atoms with Crippen LogP contribution in [-0.4, -0.2) is 45.4 Å². The van der Waals surface area contributed by atoms with E-state index in [4.69, 9.17) is 5.11 Å². The molecule has 2 N–H and O–H groups in total. The van der Waals surface area contributed by atoms with E-state index in [1.165, 1.54) is 4.68 Å². The predicted molar refractivity (Wildman–Crippen MR) is 92.3 cm³/mol. The number of anilines is 1. The van der Waals surface area contributed by atoms with Crippen molar-refractivity contribution in [2.45, 2.75) is 13.0 Å². The number of aromatic nitrogens is 3. The highest BCUT2D eigenvalue weighted by atomic mass is 16.3. The van der Waals surface area contributed by atoms with E-state index in [1.54, 1.807) is 37.5 Å². The van der Waals surface area contributed by atoms with Crippen molar-refractivity contribution >= 4 is 11.6 Å². The number of nitrogens with zero attached hydrogens (tertiary/aromatic N) is 4. The summed E-state index contributed by atoms with van der Waals surface area (Å²) in [5, 5.41) is 16.0. The van der Waals surface area contributed by atoms with Crippen LogP contribution >= 0.6 is 0 Å². The van der Waals surface area contributed by atoms with Crippen molar-refractivity contribution in [2.75, 3.05) is 24.5 Å². The van der Waals surface area contributed by atoms with Crippen LogP contribution in [-0.2, 0) is 13.7 Å². The maximum atomic E-state index is 12.2. The highest BCUT2D eigenvalue weighted by molar-refractivity contribution is 5.92. The Morgan fingerprint density at radius 3 is 3.04 bits per heavy atom. The van der Waals surface area contributed by atoms with Crippen LogP contribution in [0.3, 0.4) is 0 Å². The van der Waals surface area contributed by atoms with E-state index in [1.807, 2.05) is 0 Å². The summed E-state index contributed by atoms with van der Waals surface area (Å²) in [6.45, 7) is 1.94. The Balaban J connectivity index is 1.55. The van der Waals surface area contributed by atoms with Crippen LogP contribution in [0, 0.1) is 5.92 Å². The largest absolute Gasteiger partial charge is 0.390 e. The molecule has 1 saturated heterocycles. The summed E-state index contributed by atoms with van der Waals surface area (Å²) < 4.78 is 1.30. The minimum atomic E-state index is -0.246. The summed E-state index contributed by atoms with van der Waals surface area (Å²) in [6.07, 6.45) is 2.62. The highest BCUT2D eigenvalue weighted by Gasteiger charge is 2.24. The maximum absolute atomic E-state index is 12.2. The Hall–Kier alpha value is -2.74. The van der Waals surface area contributed by atoms with Gasteiger partial charge < -0.3 is 15.3 Å². The SMILES string of the molecule is Cn1ncc(N2CC[C@H](CNC(=O)c3cccc(CO)n3)C2)cc1=O. The lowest BCUT2D eigenvalue weighted by Crippen LogP contribution is -2.32. The zero-order chi connectivity index (χ0) is 17.8. The summed E-state index contributed by atoms with van der Waals surface area (Å²) in [5.74, 6) is 0.0537. The zero-order valence-electron chi connectivity index (χ0n) is 14.1. The number of aryl methyl sites for hydroxylation is 1. The molecule has 3 heterocycles. The number of pyridine rings is 1. The lowest BCUT2D eigenvalue weighted by molar-refractivity contribution is 0.0942. The summed E-state index contributed by atoms with van der Waals surface area (Å²) in [5.41, 5.74) is 1.45. The van der Waals surface area contributed by atoms with Gasteiger partial charge in [-0.25, -0.2) is 9.67 Å². The number of rotatable bonds is 5. The van der Waals surface area contributed by atoms with Crippen LogP contribution in [0.15, 0.2) is 35.3 Å². The molecule has 1 fully saturated rings. The Bertz CT molecular complexity index is 820. The molecule has 0 unspecified atom stereocenters. The van der Waals surface area contributed by atoms with Crippen molar-refractivity contribution in [1.82, 2.24) is 20.1 Å². The number of carbonyl (C=O) groups excluding carboxylic acids is 1. The number of amides is 1. The highest BCUT2D eigenvalue weighted by Crippen LogP contribution is 2.21. The van der Waals surface area contributed by atoms with Crippen molar-refractivity contribution in [3.8, 4) is 0 Å². The number of aliphatic hydroxyl groups is 1. The lowest BCUT2D eigenvalue weighted by atomic mass is 10.1. The topological polar surface area (TPSA) is 100 Å². The maximum Gasteiger partial charge on any atom is 0.269 e. The van der Waals surface area contributed by atoms with Gasteiger partial charge in [0.15, 0.2) is 0 Å². The zero-order valence-corrected chi connectivity index (χ0v) is 14.1. The third kappa shape index (κ3) is 4.03. The summed E-state index contributed by atoms with van der Waals surface area (Å²) in [6, 6.07) is 6.58. The Kier molecular flexibility index (Phi) is 5.08. The first-order chi connectivity index (χ1) is 12.1. The van der Waals surface area contributed by atoms with E-state index in [-0.39, 0.29) is 18.1 Å². The summed E-state index contributed by atoms with van der Waals surface area (Å²) >= 11 is 0. The van der Waals surface area contributed by atoms with Crippen LogP contribution < -0.4 is 15.8 Å². The molecular formula is C17H21N5O3. The minimum absolute atomic E-state index is 0.135. The van der Waals surface area contributed by atoms with Crippen molar-refractivity contribution < 1.29 is 9.90 Å². The van der Waals surface area contributed by atoms with Crippen molar-refractivity contribution in [2.24, 2.45) is 13.0 Å². The summed E-state index contributed by atoms with van der Waals surface area (Å²) in [7, 11) is 1.62. The molecule has 132 valence electrons. The van der Waals surface area contributed by atoms with Crippen LogP contribution in [0.4, 0.5) is 5.69 Å². The Labute approximate surface area is 145 Å². The fraction of sp³-hybridized carbons (Fsp3) is 0.412. The van der Waals surface area contributed by atoms with Gasteiger partial charge in [0, 0.05) is 32.7 Å². The van der Waals surface area contributed by atoms with E-state index in [0.29, 0.717) is 23.9 Å². The van der Waals surface area contributed by atoms with Crippen LogP contribution in [0.5, 0.6) is 0 Å². The molecule has 2 aromatic heterocycles. The number of nitrogens with one attached hydrogen (secondary N) is 1. The lowest BCUT2D eigenvalue weighted by Gasteiger charge is -2.18. The van der Waals surface area contributed by atoms with Crippen molar-refractivity contribution in [3.05, 3.63) is 52.2 Å². The van der Waals surface area contributed by atoms with E-state index < -0.39 is 0 Å². The van der Waals surface area contributed by atoms with Gasteiger partial charge in [-0.3, -0.25) is 9.59 Å². The van der Waals surface area contributed by atoms with E-state index in [2.05, 4.69) is 20.3 Å². The van der Waals surface area contributed by atoms with Gasteiger partial charge in [-0.05, 0) is 24.5 Å². The van der Waals surface area contributed by atoms with Gasteiger partial charge in [-0.15, -0.1) is 0 Å². The second kappa shape index (κ2) is 7.43. The first kappa shape index (κ1) is 17.1. The van der Waals surface area contributed by atoms with Gasteiger partial charge in [-0.2, -0.15) is 5.10 Å². The number of carbonyl (C=O) groups is 1. The van der Waals surface area contributed by atoms with Crippen molar-refractivity contribution in [1.29, 1.82) is 0 Å². The molecule has 0 aliphatic carbocycles. The molecule has 2 aromatic rings. The van der Waals surface area contributed by atoms with Crippen LogP contribution in [0.1, 0.15) is 22.6 Å². The number of hydrogen-bond donors (Lipinski definition) is 2. The second-order valence-electron chi connectivity index (χ2n) is 6.16. The second-order valence-corrected chi connectivity index (χ2v) is 6.16. The Morgan fingerprint density at radius 1 is 1.44 bits per heavy atom. The quantitative estimate of drug-likeness (QED) is 0.788. The van der Waals surface area contributed by atoms with Gasteiger partial charge in [0.1, 0.15) is 5.69 Å². The smallest absolute Gasteiger partial charge is 0.269 e. The average Bonchev–Trinajstić information content (AvgIpc) is 3.11. The third-order valence-electron chi connectivity index (χ3n) is 4.36. The molecule has 1 aliphatic rings. The third-order valence-corrected chi connectivity index (χ3v) is 4.36. The normalized spacial score (nSPS) is 16.9. The average molecular weight is 343 g/mol. The number of aliphatic hydroxyl groups excluding tert-OH is 1. The van der Waals surface area contributed by atoms with Crippen LogP contribution in [0.2, 0.25) is 0 Å². The molecule has 1 atom stereocenters. The number of hydrogen-bond acceptors (Lipinski definition) is 6. The molecule has 0 bridgehead atoms. The van der Waals surface area contributed by atoms with Gasteiger partial charge >= 0.3 is 0 Å². The molecule has 25 heavy (non-hydrogen) atoms. The first-order valence-electron chi connectivity index (χ1n) is 8.20. The van der Waals surface area contributed by atoms with Gasteiger partial charge in [0.2, 0.25) is 0 Å². The monoisotopic (exact) mass is 343 g/mol. The minimum Gasteiger partial charge on any atom is -0.390 e. The fourth-order valence-electron chi connectivity index (χ4n) is 2.89. The van der Waals surface area contributed by atoms with Crippen molar-refractivity contribution in [3.63, 3.8) is 0 Å². The van der Waals surface area contributed by atoms with E-state index in [9.17, 15) is 9.59 Å². The van der Waals surface area contributed by atoms with Crippen LogP contribution in [0.25, 0.3) is 0 Å². The van der Waals surface area contributed by atoms with E-state index >= 15 is 0 Å². The summed E-state index contributed by atoms with van der Waals surface area (Å²) in [4.78, 5) is 30.1. The molecule has 3 rings (SSSR count). The Morgan fingerprint density at radius 2 is 2.28 bits per heavy atom. The van der Waals surface area contributed by atoms with Gasteiger partial charge in [0.25, 0.3) is 11.5 Å².